The summed E-state index contributed by atoms with van der Waals surface area (Å²) in [5.41, 5.74) is 6.99. The number of hydrogen-bond donors (Lipinski definition) is 2. The molecule has 3 rings (SSSR count). The van der Waals surface area contributed by atoms with E-state index in [4.69, 9.17) is 20.1 Å². The molecule has 0 aliphatic carbocycles. The van der Waals surface area contributed by atoms with Gasteiger partial charge in [-0.05, 0) is 18.2 Å². The third-order valence-corrected chi connectivity index (χ3v) is 3.02. The molecule has 6 heteroatoms. The predicted octanol–water partition coefficient (Wildman–Crippen LogP) is 2.50. The zero-order valence-corrected chi connectivity index (χ0v) is 11.1. The molecule has 1 aromatic carbocycles. The molecule has 0 bridgehead atoms. The van der Waals surface area contributed by atoms with E-state index in [0.29, 0.717) is 22.7 Å². The van der Waals surface area contributed by atoms with Gasteiger partial charge in [-0.2, -0.15) is 0 Å². The van der Waals surface area contributed by atoms with Gasteiger partial charge in [-0.3, -0.25) is 0 Å². The molecule has 3 N–H and O–H groups in total. The average molecular weight is 283 g/mol. The Kier molecular flexibility index (Phi) is 3.42. The van der Waals surface area contributed by atoms with E-state index in [1.54, 1.807) is 18.4 Å². The van der Waals surface area contributed by atoms with Crippen LogP contribution in [0.1, 0.15) is 11.3 Å². The van der Waals surface area contributed by atoms with Crippen LogP contribution in [0.5, 0.6) is 5.88 Å². The summed E-state index contributed by atoms with van der Waals surface area (Å²) < 4.78 is 10.8. The Hall–Kier alpha value is -3.02. The number of benzene rings is 1. The van der Waals surface area contributed by atoms with Crippen molar-refractivity contribution >= 4 is 16.7 Å². The summed E-state index contributed by atoms with van der Waals surface area (Å²) in [6.45, 7) is 0.258. The number of furan rings is 1. The Morgan fingerprint density at radius 1 is 1.29 bits per heavy atom. The van der Waals surface area contributed by atoms with Crippen LogP contribution in [0.3, 0.4) is 0 Å². The fourth-order valence-electron chi connectivity index (χ4n) is 2.03. The van der Waals surface area contributed by atoms with Gasteiger partial charge in [-0.15, -0.1) is 0 Å². The summed E-state index contributed by atoms with van der Waals surface area (Å²) >= 11 is 0. The normalized spacial score (nSPS) is 11.7. The van der Waals surface area contributed by atoms with Crippen LogP contribution < -0.4 is 10.5 Å². The highest BCUT2D eigenvalue weighted by Gasteiger charge is 2.10. The highest BCUT2D eigenvalue weighted by molar-refractivity contribution is 6.08. The molecule has 0 unspecified atom stereocenters. The molecule has 0 radical (unpaired) electrons. The van der Waals surface area contributed by atoms with Crippen molar-refractivity contribution in [2.24, 2.45) is 10.9 Å². The van der Waals surface area contributed by atoms with E-state index in [-0.39, 0.29) is 12.4 Å². The third-order valence-electron chi connectivity index (χ3n) is 3.02. The quantitative estimate of drug-likeness (QED) is 0.332. The Bertz CT molecular complexity index is 782. The number of nitrogens with zero attached hydrogens (tertiary/aromatic N) is 2. The largest absolute Gasteiger partial charge is 0.469 e. The molecule has 106 valence electrons. The van der Waals surface area contributed by atoms with E-state index in [2.05, 4.69) is 10.1 Å². The Morgan fingerprint density at radius 3 is 2.90 bits per heavy atom. The topological polar surface area (TPSA) is 93.9 Å². The molecule has 2 heterocycles. The molecule has 0 fully saturated rings. The first kappa shape index (κ1) is 13.0. The number of oxime groups is 1. The highest BCUT2D eigenvalue weighted by atomic mass is 16.5. The van der Waals surface area contributed by atoms with Crippen LogP contribution in [0.4, 0.5) is 0 Å². The van der Waals surface area contributed by atoms with Crippen LogP contribution in [-0.2, 0) is 6.61 Å². The molecule has 21 heavy (non-hydrogen) atoms. The van der Waals surface area contributed by atoms with Gasteiger partial charge in [0.15, 0.2) is 5.84 Å². The van der Waals surface area contributed by atoms with Gasteiger partial charge in [0.2, 0.25) is 5.88 Å². The number of hydrogen-bond acceptors (Lipinski definition) is 5. The molecule has 0 aliphatic heterocycles. The molecular formula is C15H13N3O3. The first-order valence-corrected chi connectivity index (χ1v) is 6.31. The number of aromatic nitrogens is 1. The summed E-state index contributed by atoms with van der Waals surface area (Å²) in [6, 6.07) is 12.7. The fraction of sp³-hybridized carbons (Fsp3) is 0.0667. The smallest absolute Gasteiger partial charge is 0.214 e. The number of fused-ring (bicyclic) bond motifs is 1. The number of rotatable bonds is 4. The zero-order valence-electron chi connectivity index (χ0n) is 11.1. The van der Waals surface area contributed by atoms with E-state index >= 15 is 0 Å². The van der Waals surface area contributed by atoms with Crippen molar-refractivity contribution in [3.63, 3.8) is 0 Å². The van der Waals surface area contributed by atoms with Gasteiger partial charge in [0.25, 0.3) is 0 Å². The SMILES string of the molecule is NC(=NO)c1cc(OCc2ccco2)nc2ccccc12. The maximum atomic E-state index is 8.91. The predicted molar refractivity (Wildman–Crippen MR) is 77.3 cm³/mol. The molecule has 0 saturated heterocycles. The van der Waals surface area contributed by atoms with Crippen molar-refractivity contribution in [1.82, 2.24) is 4.98 Å². The first-order valence-electron chi connectivity index (χ1n) is 6.31. The molecule has 0 atom stereocenters. The van der Waals surface area contributed by atoms with Gasteiger partial charge in [0.05, 0.1) is 11.8 Å². The maximum Gasteiger partial charge on any atom is 0.214 e. The van der Waals surface area contributed by atoms with Gasteiger partial charge in [0, 0.05) is 17.0 Å². The van der Waals surface area contributed by atoms with E-state index in [1.165, 1.54) is 0 Å². The van der Waals surface area contributed by atoms with Crippen molar-refractivity contribution in [3.05, 3.63) is 60.1 Å². The maximum absolute atomic E-state index is 8.91. The van der Waals surface area contributed by atoms with Crippen LogP contribution in [0.2, 0.25) is 0 Å². The molecule has 0 aliphatic rings. The van der Waals surface area contributed by atoms with Crippen molar-refractivity contribution in [2.75, 3.05) is 0 Å². The van der Waals surface area contributed by atoms with Crippen LogP contribution >= 0.6 is 0 Å². The Morgan fingerprint density at radius 2 is 2.14 bits per heavy atom. The third kappa shape index (κ3) is 2.64. The minimum atomic E-state index is 0.0106. The second-order valence-electron chi connectivity index (χ2n) is 4.38. The number of nitrogens with two attached hydrogens (primary N) is 1. The van der Waals surface area contributed by atoms with Gasteiger partial charge >= 0.3 is 0 Å². The van der Waals surface area contributed by atoms with Crippen LogP contribution in [0.25, 0.3) is 10.9 Å². The van der Waals surface area contributed by atoms with E-state index in [0.717, 1.165) is 5.39 Å². The second-order valence-corrected chi connectivity index (χ2v) is 4.38. The Labute approximate surface area is 120 Å². The summed E-state index contributed by atoms with van der Waals surface area (Å²) in [4.78, 5) is 4.40. The number of para-hydroxylation sites is 1. The molecule has 2 aromatic heterocycles. The molecule has 0 spiro atoms. The average Bonchev–Trinajstić information content (AvgIpc) is 3.04. The van der Waals surface area contributed by atoms with Crippen LogP contribution in [0, 0.1) is 0 Å². The number of ether oxygens (including phenoxy) is 1. The lowest BCUT2D eigenvalue weighted by Crippen LogP contribution is -2.14. The second kappa shape index (κ2) is 5.54. The van der Waals surface area contributed by atoms with Gasteiger partial charge in [0.1, 0.15) is 12.4 Å². The van der Waals surface area contributed by atoms with E-state index < -0.39 is 0 Å². The van der Waals surface area contributed by atoms with Crippen LogP contribution in [0.15, 0.2) is 58.3 Å². The summed E-state index contributed by atoms with van der Waals surface area (Å²) in [5, 5.41) is 12.7. The highest BCUT2D eigenvalue weighted by Crippen LogP contribution is 2.22. The molecular weight excluding hydrogens is 270 g/mol. The van der Waals surface area contributed by atoms with Gasteiger partial charge < -0.3 is 20.1 Å². The lowest BCUT2D eigenvalue weighted by atomic mass is 10.1. The van der Waals surface area contributed by atoms with E-state index in [1.807, 2.05) is 30.3 Å². The van der Waals surface area contributed by atoms with Gasteiger partial charge in [-0.25, -0.2) is 4.98 Å². The minimum absolute atomic E-state index is 0.0106. The van der Waals surface area contributed by atoms with Crippen molar-refractivity contribution in [2.45, 2.75) is 6.61 Å². The first-order chi connectivity index (χ1) is 10.3. The Balaban J connectivity index is 1.99. The monoisotopic (exact) mass is 283 g/mol. The summed E-state index contributed by atoms with van der Waals surface area (Å²) in [6.07, 6.45) is 1.58. The molecule has 3 aromatic rings. The number of amidine groups is 1. The van der Waals surface area contributed by atoms with Gasteiger partial charge in [-0.1, -0.05) is 23.4 Å². The molecule has 0 saturated carbocycles. The summed E-state index contributed by atoms with van der Waals surface area (Å²) in [7, 11) is 0. The standard InChI is InChI=1S/C15H13N3O3/c16-15(18-19)12-8-14(21-9-10-4-3-7-20-10)17-13-6-2-1-5-11(12)13/h1-8,19H,9H2,(H2,16,18). The lowest BCUT2D eigenvalue weighted by molar-refractivity contribution is 0.261. The minimum Gasteiger partial charge on any atom is -0.469 e. The molecule has 0 amide bonds. The summed E-state index contributed by atoms with van der Waals surface area (Å²) in [5.74, 6) is 1.08. The zero-order chi connectivity index (χ0) is 14.7. The van der Waals surface area contributed by atoms with E-state index in [9.17, 15) is 0 Å². The van der Waals surface area contributed by atoms with Crippen molar-refractivity contribution in [3.8, 4) is 5.88 Å². The van der Waals surface area contributed by atoms with Crippen LogP contribution in [-0.4, -0.2) is 16.0 Å². The van der Waals surface area contributed by atoms with Crippen molar-refractivity contribution in [1.29, 1.82) is 0 Å². The van der Waals surface area contributed by atoms with Crippen molar-refractivity contribution < 1.29 is 14.4 Å². The molecule has 6 nitrogen and oxygen atoms in total. The fourth-order valence-corrected chi connectivity index (χ4v) is 2.03. The number of pyridine rings is 1. The lowest BCUT2D eigenvalue weighted by Gasteiger charge is -2.09.